The van der Waals surface area contributed by atoms with Crippen molar-refractivity contribution >= 4 is 40.4 Å². The van der Waals surface area contributed by atoms with Crippen molar-refractivity contribution in [2.75, 3.05) is 6.54 Å². The first kappa shape index (κ1) is 20.0. The van der Waals surface area contributed by atoms with Gasteiger partial charge >= 0.3 is 5.97 Å². The summed E-state index contributed by atoms with van der Waals surface area (Å²) in [5.41, 5.74) is 0.145. The molecule has 9 heteroatoms. The summed E-state index contributed by atoms with van der Waals surface area (Å²) in [5, 5.41) is 12.5. The van der Waals surface area contributed by atoms with Crippen LogP contribution in [0, 0.1) is 5.92 Å². The fourth-order valence-corrected chi connectivity index (χ4v) is 4.80. The van der Waals surface area contributed by atoms with Crippen LogP contribution in [-0.4, -0.2) is 53.9 Å². The van der Waals surface area contributed by atoms with Gasteiger partial charge in [0.1, 0.15) is 11.7 Å². The number of carbonyl (C=O) groups excluding carboxylic acids is 2. The summed E-state index contributed by atoms with van der Waals surface area (Å²) in [6.45, 7) is 0.387. The molecule has 1 saturated carbocycles. The van der Waals surface area contributed by atoms with Crippen molar-refractivity contribution in [3.63, 3.8) is 0 Å². The average molecular weight is 486 g/mol. The molecule has 1 saturated heterocycles. The fourth-order valence-electron chi connectivity index (χ4n) is 3.94. The van der Waals surface area contributed by atoms with Gasteiger partial charge in [-0.25, -0.2) is 9.78 Å². The van der Waals surface area contributed by atoms with Crippen LogP contribution >= 0.6 is 22.6 Å². The van der Waals surface area contributed by atoms with Crippen LogP contribution in [0.4, 0.5) is 0 Å². The zero-order chi connectivity index (χ0) is 19.4. The van der Waals surface area contributed by atoms with Crippen LogP contribution in [0.3, 0.4) is 0 Å². The molecule has 1 aromatic rings. The van der Waals surface area contributed by atoms with E-state index in [2.05, 4.69) is 15.3 Å². The number of carboxylic acids is 1. The zero-order valence-electron chi connectivity index (χ0n) is 14.9. The molecular weight excluding hydrogens is 463 g/mol. The average Bonchev–Trinajstić information content (AvgIpc) is 3.10. The van der Waals surface area contributed by atoms with Crippen LogP contribution in [0.25, 0.3) is 0 Å². The molecule has 0 bridgehead atoms. The van der Waals surface area contributed by atoms with E-state index in [0.29, 0.717) is 19.4 Å². The Bertz CT molecular complexity index is 711. The molecule has 2 heterocycles. The van der Waals surface area contributed by atoms with Gasteiger partial charge in [-0.15, -0.1) is 0 Å². The van der Waals surface area contributed by atoms with Gasteiger partial charge in [-0.3, -0.25) is 14.6 Å². The normalized spacial score (nSPS) is 24.4. The summed E-state index contributed by atoms with van der Waals surface area (Å²) in [7, 11) is 0. The lowest BCUT2D eigenvalue weighted by Gasteiger charge is -2.36. The number of carboxylic acid groups (broad SMARTS) is 1. The molecule has 0 spiro atoms. The van der Waals surface area contributed by atoms with Gasteiger partial charge in [-0.2, -0.15) is 0 Å². The Labute approximate surface area is 171 Å². The van der Waals surface area contributed by atoms with Crippen molar-refractivity contribution in [2.24, 2.45) is 5.92 Å². The van der Waals surface area contributed by atoms with Crippen molar-refractivity contribution in [1.29, 1.82) is 0 Å². The van der Waals surface area contributed by atoms with E-state index < -0.39 is 21.5 Å². The highest BCUT2D eigenvalue weighted by atomic mass is 127. The molecule has 27 heavy (non-hydrogen) atoms. The van der Waals surface area contributed by atoms with E-state index in [4.69, 9.17) is 0 Å². The van der Waals surface area contributed by atoms with E-state index in [1.54, 1.807) is 0 Å². The Morgan fingerprint density at radius 3 is 2.59 bits per heavy atom. The molecule has 2 amide bonds. The summed E-state index contributed by atoms with van der Waals surface area (Å²) in [5.74, 6) is -1.78. The second-order valence-corrected chi connectivity index (χ2v) is 8.88. The maximum atomic E-state index is 13.3. The topological polar surface area (TPSA) is 112 Å². The monoisotopic (exact) mass is 486 g/mol. The van der Waals surface area contributed by atoms with Crippen LogP contribution in [0.1, 0.15) is 55.4 Å². The van der Waals surface area contributed by atoms with E-state index >= 15 is 0 Å². The molecule has 2 N–H and O–H groups in total. The van der Waals surface area contributed by atoms with E-state index in [-0.39, 0.29) is 17.5 Å². The number of carbonyl (C=O) groups is 3. The molecule has 1 aliphatic carbocycles. The summed E-state index contributed by atoms with van der Waals surface area (Å²) in [4.78, 5) is 47.0. The van der Waals surface area contributed by atoms with Gasteiger partial charge in [0.2, 0.25) is 5.91 Å². The smallest absolute Gasteiger partial charge is 0.340 e. The molecule has 2 fully saturated rings. The lowest BCUT2D eigenvalue weighted by molar-refractivity contribution is -0.150. The highest BCUT2D eigenvalue weighted by molar-refractivity contribution is 14.1. The van der Waals surface area contributed by atoms with E-state index in [1.165, 1.54) is 23.5 Å². The lowest BCUT2D eigenvalue weighted by atomic mass is 9.83. The number of aromatic nitrogens is 2. The van der Waals surface area contributed by atoms with Crippen molar-refractivity contribution in [1.82, 2.24) is 20.2 Å². The Hall–Kier alpha value is -1.78. The van der Waals surface area contributed by atoms with Crippen molar-refractivity contribution in [2.45, 2.75) is 54.5 Å². The van der Waals surface area contributed by atoms with E-state index in [9.17, 15) is 19.5 Å². The molecular formula is C18H23IN4O4. The van der Waals surface area contributed by atoms with Crippen LogP contribution in [0.5, 0.6) is 0 Å². The van der Waals surface area contributed by atoms with E-state index in [0.717, 1.165) is 32.1 Å². The zero-order valence-corrected chi connectivity index (χ0v) is 17.1. The lowest BCUT2D eigenvalue weighted by Crippen LogP contribution is -2.58. The van der Waals surface area contributed by atoms with Gasteiger partial charge in [-0.1, -0.05) is 19.3 Å². The summed E-state index contributed by atoms with van der Waals surface area (Å²) < 4.78 is -1.25. The second kappa shape index (κ2) is 8.49. The van der Waals surface area contributed by atoms with Gasteiger partial charge in [0.25, 0.3) is 5.91 Å². The standard InChI is InChI=1S/C18H23IN4O4/c19-18(17(26)27)7-4-10-23(18)16(25)14(12-5-2-1-3-6-12)22-15(24)13-11-20-8-9-21-13/h8-9,11-12,14H,1-7,10H2,(H,22,24)(H,26,27). The van der Waals surface area contributed by atoms with Crippen molar-refractivity contribution in [3.05, 3.63) is 24.3 Å². The van der Waals surface area contributed by atoms with Crippen molar-refractivity contribution in [3.8, 4) is 0 Å². The minimum absolute atomic E-state index is 0.00177. The first-order valence-corrected chi connectivity index (χ1v) is 10.3. The van der Waals surface area contributed by atoms with Gasteiger partial charge in [0.05, 0.1) is 6.20 Å². The number of nitrogens with one attached hydrogen (secondary N) is 1. The minimum Gasteiger partial charge on any atom is -0.479 e. The van der Waals surface area contributed by atoms with Gasteiger partial charge in [0.15, 0.2) is 3.55 Å². The molecule has 2 atom stereocenters. The highest BCUT2D eigenvalue weighted by Gasteiger charge is 2.50. The quantitative estimate of drug-likeness (QED) is 0.374. The summed E-state index contributed by atoms with van der Waals surface area (Å²) in [6.07, 6.45) is 10.1. The number of amides is 2. The number of hydrogen-bond donors (Lipinski definition) is 2. The van der Waals surface area contributed by atoms with Crippen LogP contribution in [0.15, 0.2) is 18.6 Å². The Balaban J connectivity index is 1.84. The number of nitrogens with zero attached hydrogens (tertiary/aromatic N) is 3. The largest absolute Gasteiger partial charge is 0.479 e. The Kier molecular flexibility index (Phi) is 6.28. The van der Waals surface area contributed by atoms with Crippen LogP contribution in [0.2, 0.25) is 0 Å². The maximum Gasteiger partial charge on any atom is 0.340 e. The Morgan fingerprint density at radius 2 is 1.96 bits per heavy atom. The summed E-state index contributed by atoms with van der Waals surface area (Å²) >= 11 is 1.85. The molecule has 2 aliphatic rings. The third-order valence-electron chi connectivity index (χ3n) is 5.38. The molecule has 146 valence electrons. The number of likely N-dealkylation sites (tertiary alicyclic amines) is 1. The third-order valence-corrected chi connectivity index (χ3v) is 6.96. The third kappa shape index (κ3) is 4.22. The van der Waals surface area contributed by atoms with Gasteiger partial charge < -0.3 is 15.3 Å². The first-order chi connectivity index (χ1) is 12.9. The second-order valence-electron chi connectivity index (χ2n) is 7.10. The predicted octanol–water partition coefficient (Wildman–Crippen LogP) is 1.99. The SMILES string of the molecule is O=C(NC(C(=O)N1CCCC1(I)C(=O)O)C1CCCCC1)c1cnccn1. The number of alkyl halides is 1. The molecule has 2 unspecified atom stereocenters. The van der Waals surface area contributed by atoms with Gasteiger partial charge in [-0.05, 0) is 54.2 Å². The number of hydrogen-bond acceptors (Lipinski definition) is 5. The van der Waals surface area contributed by atoms with Crippen molar-refractivity contribution < 1.29 is 19.5 Å². The molecule has 8 nitrogen and oxygen atoms in total. The van der Waals surface area contributed by atoms with E-state index in [1.807, 2.05) is 22.6 Å². The minimum atomic E-state index is -1.25. The predicted molar refractivity (Wildman–Crippen MR) is 105 cm³/mol. The number of rotatable bonds is 5. The molecule has 1 aliphatic heterocycles. The fraction of sp³-hybridized carbons (Fsp3) is 0.611. The molecule has 1 aromatic heterocycles. The molecule has 0 radical (unpaired) electrons. The van der Waals surface area contributed by atoms with Crippen LogP contribution in [-0.2, 0) is 9.59 Å². The first-order valence-electron chi connectivity index (χ1n) is 9.24. The molecule has 3 rings (SSSR count). The Morgan fingerprint density at radius 1 is 1.22 bits per heavy atom. The van der Waals surface area contributed by atoms with Crippen LogP contribution < -0.4 is 5.32 Å². The number of aliphatic carboxylic acids is 1. The molecule has 0 aromatic carbocycles. The highest BCUT2D eigenvalue weighted by Crippen LogP contribution is 2.38. The van der Waals surface area contributed by atoms with Gasteiger partial charge in [0, 0.05) is 18.9 Å². The number of halogens is 1. The summed E-state index contributed by atoms with van der Waals surface area (Å²) in [6, 6.07) is -0.744. The maximum absolute atomic E-state index is 13.3.